The molecular weight excluding hydrogens is 320 g/mol. The zero-order chi connectivity index (χ0) is 17.4. The highest BCUT2D eigenvalue weighted by atomic mass is 32.1. The van der Waals surface area contributed by atoms with Crippen LogP contribution >= 0.6 is 11.3 Å². The van der Waals surface area contributed by atoms with E-state index >= 15 is 0 Å². The van der Waals surface area contributed by atoms with Crippen molar-refractivity contribution in [1.82, 2.24) is 15.6 Å². The Labute approximate surface area is 148 Å². The molecular formula is C18H26N4OS. The Morgan fingerprint density at radius 1 is 1.21 bits per heavy atom. The highest BCUT2D eigenvalue weighted by molar-refractivity contribution is 7.11. The van der Waals surface area contributed by atoms with E-state index in [4.69, 9.17) is 4.74 Å². The average Bonchev–Trinajstić information content (AvgIpc) is 2.93. The van der Waals surface area contributed by atoms with E-state index < -0.39 is 0 Å². The van der Waals surface area contributed by atoms with Crippen LogP contribution in [0.2, 0.25) is 0 Å². The van der Waals surface area contributed by atoms with Crippen molar-refractivity contribution in [3.63, 3.8) is 0 Å². The van der Waals surface area contributed by atoms with Crippen molar-refractivity contribution in [1.29, 1.82) is 0 Å². The molecule has 24 heavy (non-hydrogen) atoms. The number of ether oxygens (including phenoxy) is 1. The topological polar surface area (TPSA) is 58.5 Å². The van der Waals surface area contributed by atoms with Crippen molar-refractivity contribution >= 4 is 17.3 Å². The summed E-state index contributed by atoms with van der Waals surface area (Å²) < 4.78 is 5.17. The van der Waals surface area contributed by atoms with Crippen molar-refractivity contribution < 1.29 is 4.74 Å². The highest BCUT2D eigenvalue weighted by Gasteiger charge is 2.04. The number of benzene rings is 1. The van der Waals surface area contributed by atoms with Gasteiger partial charge in [0.1, 0.15) is 10.8 Å². The molecule has 1 heterocycles. The number of aliphatic imine (C=N–C) groups is 1. The minimum atomic E-state index is 0.706. The van der Waals surface area contributed by atoms with Gasteiger partial charge in [0, 0.05) is 18.5 Å². The molecule has 0 spiro atoms. The first-order chi connectivity index (χ1) is 11.6. The molecule has 0 aliphatic heterocycles. The van der Waals surface area contributed by atoms with Crippen LogP contribution in [0.15, 0.2) is 29.3 Å². The minimum absolute atomic E-state index is 0.706. The molecule has 0 atom stereocenters. The summed E-state index contributed by atoms with van der Waals surface area (Å²) in [5.41, 5.74) is 2.42. The number of aromatic nitrogens is 1. The van der Waals surface area contributed by atoms with E-state index in [0.717, 1.165) is 41.8 Å². The van der Waals surface area contributed by atoms with Crippen molar-refractivity contribution in [3.05, 3.63) is 45.4 Å². The summed E-state index contributed by atoms with van der Waals surface area (Å²) in [5.74, 6) is 1.71. The second-order valence-electron chi connectivity index (χ2n) is 5.55. The van der Waals surface area contributed by atoms with Gasteiger partial charge in [-0.2, -0.15) is 0 Å². The quantitative estimate of drug-likeness (QED) is 0.460. The third kappa shape index (κ3) is 5.53. The number of guanidine groups is 1. The molecule has 1 aromatic carbocycles. The fourth-order valence-corrected chi connectivity index (χ4v) is 3.16. The van der Waals surface area contributed by atoms with Gasteiger partial charge in [-0.15, -0.1) is 11.3 Å². The van der Waals surface area contributed by atoms with Crippen LogP contribution in [-0.2, 0) is 13.0 Å². The molecule has 0 aliphatic carbocycles. The molecule has 2 N–H and O–H groups in total. The molecule has 0 saturated heterocycles. The van der Waals surface area contributed by atoms with E-state index in [9.17, 15) is 0 Å². The summed E-state index contributed by atoms with van der Waals surface area (Å²) in [5, 5.41) is 7.74. The fourth-order valence-electron chi connectivity index (χ4n) is 2.29. The Kier molecular flexibility index (Phi) is 7.06. The van der Waals surface area contributed by atoms with E-state index in [1.165, 1.54) is 10.4 Å². The van der Waals surface area contributed by atoms with Crippen LogP contribution in [0, 0.1) is 13.8 Å². The number of nitrogens with zero attached hydrogens (tertiary/aromatic N) is 2. The third-order valence-corrected chi connectivity index (χ3v) is 4.87. The summed E-state index contributed by atoms with van der Waals surface area (Å²) in [6.45, 7) is 5.73. The standard InChI is InChI=1S/C18H26N4OS/c1-13-14(2)24-17(22-13)12-21-18(19-3)20-11-5-6-15-7-9-16(23-4)10-8-15/h7-10H,5-6,11-12H2,1-4H3,(H2,19,20,21). The number of nitrogens with one attached hydrogen (secondary N) is 2. The molecule has 1 aromatic heterocycles. The minimum Gasteiger partial charge on any atom is -0.497 e. The lowest BCUT2D eigenvalue weighted by atomic mass is 10.1. The summed E-state index contributed by atoms with van der Waals surface area (Å²) in [6, 6.07) is 8.22. The summed E-state index contributed by atoms with van der Waals surface area (Å²) in [4.78, 5) is 10.1. The molecule has 0 radical (unpaired) electrons. The Morgan fingerprint density at radius 2 is 1.96 bits per heavy atom. The van der Waals surface area contributed by atoms with E-state index in [2.05, 4.69) is 39.7 Å². The van der Waals surface area contributed by atoms with Crippen molar-refractivity contribution in [2.24, 2.45) is 4.99 Å². The van der Waals surface area contributed by atoms with Gasteiger partial charge in [0.05, 0.1) is 19.3 Å². The maximum atomic E-state index is 5.17. The maximum absolute atomic E-state index is 5.17. The Bertz CT molecular complexity index is 645. The predicted molar refractivity (Wildman–Crippen MR) is 101 cm³/mol. The first kappa shape index (κ1) is 18.3. The van der Waals surface area contributed by atoms with Crippen LogP contribution in [-0.4, -0.2) is 31.6 Å². The fraction of sp³-hybridized carbons (Fsp3) is 0.444. The van der Waals surface area contributed by atoms with E-state index in [0.29, 0.717) is 6.54 Å². The van der Waals surface area contributed by atoms with Crippen LogP contribution in [0.3, 0.4) is 0 Å². The largest absolute Gasteiger partial charge is 0.497 e. The number of methoxy groups -OCH3 is 1. The number of thiazole rings is 1. The molecule has 0 unspecified atom stereocenters. The van der Waals surface area contributed by atoms with Gasteiger partial charge in [-0.3, -0.25) is 4.99 Å². The van der Waals surface area contributed by atoms with E-state index in [1.807, 2.05) is 19.1 Å². The van der Waals surface area contributed by atoms with Gasteiger partial charge in [-0.25, -0.2) is 4.98 Å². The van der Waals surface area contributed by atoms with Gasteiger partial charge >= 0.3 is 0 Å². The monoisotopic (exact) mass is 346 g/mol. The lowest BCUT2D eigenvalue weighted by Gasteiger charge is -2.11. The number of aryl methyl sites for hydroxylation is 3. The molecule has 2 aromatic rings. The molecule has 0 saturated carbocycles. The Hall–Kier alpha value is -2.08. The number of hydrogen-bond acceptors (Lipinski definition) is 4. The molecule has 130 valence electrons. The Morgan fingerprint density at radius 3 is 2.54 bits per heavy atom. The van der Waals surface area contributed by atoms with Crippen LogP contribution in [0.1, 0.15) is 27.6 Å². The molecule has 2 rings (SSSR count). The van der Waals surface area contributed by atoms with Crippen LogP contribution in [0.4, 0.5) is 0 Å². The van der Waals surface area contributed by atoms with Gasteiger partial charge < -0.3 is 15.4 Å². The summed E-state index contributed by atoms with van der Waals surface area (Å²) >= 11 is 1.73. The van der Waals surface area contributed by atoms with Crippen molar-refractivity contribution in [2.45, 2.75) is 33.2 Å². The summed E-state index contributed by atoms with van der Waals surface area (Å²) in [6.07, 6.45) is 2.07. The second kappa shape index (κ2) is 9.27. The van der Waals surface area contributed by atoms with Crippen molar-refractivity contribution in [3.8, 4) is 5.75 Å². The molecule has 0 bridgehead atoms. The zero-order valence-corrected chi connectivity index (χ0v) is 15.7. The van der Waals surface area contributed by atoms with Crippen LogP contribution < -0.4 is 15.4 Å². The Balaban J connectivity index is 1.69. The smallest absolute Gasteiger partial charge is 0.191 e. The van der Waals surface area contributed by atoms with Gasteiger partial charge in [0.2, 0.25) is 0 Å². The van der Waals surface area contributed by atoms with E-state index in [-0.39, 0.29) is 0 Å². The molecule has 0 amide bonds. The number of hydrogen-bond donors (Lipinski definition) is 2. The van der Waals surface area contributed by atoms with Gasteiger partial charge in [0.15, 0.2) is 5.96 Å². The highest BCUT2D eigenvalue weighted by Crippen LogP contribution is 2.16. The normalized spacial score (nSPS) is 11.4. The van der Waals surface area contributed by atoms with Gasteiger partial charge in [-0.05, 0) is 44.4 Å². The SMILES string of the molecule is CN=C(NCCCc1ccc(OC)cc1)NCc1nc(C)c(C)s1. The van der Waals surface area contributed by atoms with Crippen LogP contribution in [0.5, 0.6) is 5.75 Å². The van der Waals surface area contributed by atoms with Crippen LogP contribution in [0.25, 0.3) is 0 Å². The predicted octanol–water partition coefficient (Wildman–Crippen LogP) is 3.07. The number of rotatable bonds is 7. The third-order valence-electron chi connectivity index (χ3n) is 3.80. The lowest BCUT2D eigenvalue weighted by molar-refractivity contribution is 0.414. The van der Waals surface area contributed by atoms with Crippen molar-refractivity contribution in [2.75, 3.05) is 20.7 Å². The average molecular weight is 347 g/mol. The molecule has 0 aliphatic rings. The zero-order valence-electron chi connectivity index (χ0n) is 14.8. The lowest BCUT2D eigenvalue weighted by Crippen LogP contribution is -2.37. The summed E-state index contributed by atoms with van der Waals surface area (Å²) in [7, 11) is 3.48. The first-order valence-corrected chi connectivity index (χ1v) is 8.94. The molecule has 5 nitrogen and oxygen atoms in total. The molecule has 6 heteroatoms. The van der Waals surface area contributed by atoms with E-state index in [1.54, 1.807) is 25.5 Å². The first-order valence-electron chi connectivity index (χ1n) is 8.12. The molecule has 0 fully saturated rings. The van der Waals surface area contributed by atoms with Gasteiger partial charge in [-0.1, -0.05) is 12.1 Å². The maximum Gasteiger partial charge on any atom is 0.191 e. The second-order valence-corrected chi connectivity index (χ2v) is 6.84. The van der Waals surface area contributed by atoms with Gasteiger partial charge in [0.25, 0.3) is 0 Å².